The van der Waals surface area contributed by atoms with E-state index in [0.717, 1.165) is 0 Å². The molecule has 3 aliphatic rings. The molecule has 2 saturated heterocycles. The van der Waals surface area contributed by atoms with E-state index < -0.39 is 17.8 Å². The zero-order valence-electron chi connectivity index (χ0n) is 5.56. The van der Waals surface area contributed by atoms with Crippen molar-refractivity contribution in [3.63, 3.8) is 0 Å². The summed E-state index contributed by atoms with van der Waals surface area (Å²) >= 11 is 0. The van der Waals surface area contributed by atoms with Crippen molar-refractivity contribution in [3.8, 4) is 0 Å². The molecule has 2 atom stereocenters. The van der Waals surface area contributed by atoms with Crippen LogP contribution in [0.1, 0.15) is 6.42 Å². The first-order chi connectivity index (χ1) is 4.60. The van der Waals surface area contributed by atoms with Gasteiger partial charge in [0.2, 0.25) is 0 Å². The van der Waals surface area contributed by atoms with E-state index in [1.165, 1.54) is 5.01 Å². The molecule has 0 aromatic carbocycles. The lowest BCUT2D eigenvalue weighted by Crippen LogP contribution is -2.64. The van der Waals surface area contributed by atoms with Gasteiger partial charge in [-0.3, -0.25) is 5.84 Å². The predicted molar refractivity (Wildman–Crippen MR) is 32.3 cm³/mol. The summed E-state index contributed by atoms with van der Waals surface area (Å²) in [5, 5.41) is 1.50. The molecular weight excluding hydrogens is 138 g/mol. The highest BCUT2D eigenvalue weighted by Crippen LogP contribution is 2.51. The molecule has 3 fully saturated rings. The lowest BCUT2D eigenvalue weighted by atomic mass is 9.67. The molecule has 0 aromatic heterocycles. The van der Waals surface area contributed by atoms with Gasteiger partial charge in [-0.15, -0.1) is 0 Å². The van der Waals surface area contributed by atoms with Crippen molar-refractivity contribution in [2.45, 2.75) is 12.3 Å². The molecule has 4 heteroatoms. The van der Waals surface area contributed by atoms with Gasteiger partial charge in [0.05, 0.1) is 0 Å². The number of piperidine rings is 2. The Labute approximate surface area is 58.0 Å². The molecule has 2 unspecified atom stereocenters. The van der Waals surface area contributed by atoms with Crippen LogP contribution in [0, 0.1) is 11.8 Å². The zero-order chi connectivity index (χ0) is 7.35. The second kappa shape index (κ2) is 1.68. The lowest BCUT2D eigenvalue weighted by Gasteiger charge is -2.51. The van der Waals surface area contributed by atoms with Crippen LogP contribution in [0.2, 0.25) is 0 Å². The van der Waals surface area contributed by atoms with Crippen molar-refractivity contribution in [2.24, 2.45) is 17.7 Å². The first-order valence-electron chi connectivity index (χ1n) is 3.48. The highest BCUT2D eigenvalue weighted by molar-refractivity contribution is 5.01. The van der Waals surface area contributed by atoms with Crippen molar-refractivity contribution in [1.82, 2.24) is 5.01 Å². The van der Waals surface area contributed by atoms with Crippen LogP contribution in [-0.4, -0.2) is 24.0 Å². The fourth-order valence-electron chi connectivity index (χ4n) is 1.86. The van der Waals surface area contributed by atoms with Crippen molar-refractivity contribution < 1.29 is 8.78 Å². The SMILES string of the molecule is NN1CC2CC(C1)C2(F)F. The number of rotatable bonds is 0. The van der Waals surface area contributed by atoms with E-state index in [1.807, 2.05) is 0 Å². The van der Waals surface area contributed by atoms with E-state index in [-0.39, 0.29) is 0 Å². The largest absolute Gasteiger partial charge is 0.269 e. The monoisotopic (exact) mass is 148 g/mol. The van der Waals surface area contributed by atoms with Gasteiger partial charge in [0.1, 0.15) is 0 Å². The molecule has 0 radical (unpaired) electrons. The van der Waals surface area contributed by atoms with E-state index in [4.69, 9.17) is 5.84 Å². The van der Waals surface area contributed by atoms with Crippen LogP contribution in [0.4, 0.5) is 8.78 Å². The summed E-state index contributed by atoms with van der Waals surface area (Å²) in [5.74, 6) is 2.05. The Morgan fingerprint density at radius 1 is 1.30 bits per heavy atom. The number of nitrogens with zero attached hydrogens (tertiary/aromatic N) is 1. The third kappa shape index (κ3) is 0.632. The van der Waals surface area contributed by atoms with Gasteiger partial charge in [-0.25, -0.2) is 13.8 Å². The molecule has 1 saturated carbocycles. The Hall–Kier alpha value is -0.220. The molecule has 0 amide bonds. The Bertz CT molecular complexity index is 146. The van der Waals surface area contributed by atoms with Crippen LogP contribution in [0.3, 0.4) is 0 Å². The molecule has 0 spiro atoms. The molecule has 2 heterocycles. The minimum absolute atomic E-state index is 0.365. The number of hydrazine groups is 1. The van der Waals surface area contributed by atoms with Gasteiger partial charge in [-0.2, -0.15) is 0 Å². The second-order valence-corrected chi connectivity index (χ2v) is 3.26. The molecule has 0 aromatic rings. The van der Waals surface area contributed by atoms with Crippen LogP contribution < -0.4 is 5.84 Å². The van der Waals surface area contributed by atoms with E-state index in [2.05, 4.69) is 0 Å². The van der Waals surface area contributed by atoms with Crippen LogP contribution in [0.25, 0.3) is 0 Å². The standard InChI is InChI=1S/C6H10F2N2/c7-6(8)4-1-5(6)3-10(9)2-4/h4-5H,1-3,9H2. The highest BCUT2D eigenvalue weighted by Gasteiger charge is 2.60. The van der Waals surface area contributed by atoms with Gasteiger partial charge < -0.3 is 0 Å². The fourth-order valence-corrected chi connectivity index (χ4v) is 1.86. The smallest absolute Gasteiger partial charge is 0.256 e. The van der Waals surface area contributed by atoms with Crippen molar-refractivity contribution in [3.05, 3.63) is 0 Å². The molecule has 58 valence electrons. The lowest BCUT2D eigenvalue weighted by molar-refractivity contribution is -0.227. The Kier molecular flexibility index (Phi) is 1.09. The van der Waals surface area contributed by atoms with Crippen molar-refractivity contribution in [2.75, 3.05) is 13.1 Å². The summed E-state index contributed by atoms with van der Waals surface area (Å²) in [6.07, 6.45) is 0.667. The summed E-state index contributed by atoms with van der Waals surface area (Å²) < 4.78 is 25.5. The van der Waals surface area contributed by atoms with Crippen molar-refractivity contribution in [1.29, 1.82) is 0 Å². The third-order valence-electron chi connectivity index (χ3n) is 2.57. The quantitative estimate of drug-likeness (QED) is 0.505. The number of hydrogen-bond donors (Lipinski definition) is 1. The van der Waals surface area contributed by atoms with Crippen LogP contribution in [0.15, 0.2) is 0 Å². The maximum absolute atomic E-state index is 12.7. The predicted octanol–water partition coefficient (Wildman–Crippen LogP) is 0.447. The summed E-state index contributed by atoms with van der Waals surface area (Å²) in [4.78, 5) is 0. The van der Waals surface area contributed by atoms with Crippen LogP contribution >= 0.6 is 0 Å². The van der Waals surface area contributed by atoms with Gasteiger partial charge in [-0.1, -0.05) is 0 Å². The minimum Gasteiger partial charge on any atom is -0.269 e. The average molecular weight is 148 g/mol. The Morgan fingerprint density at radius 2 is 1.80 bits per heavy atom. The van der Waals surface area contributed by atoms with E-state index in [1.54, 1.807) is 0 Å². The van der Waals surface area contributed by atoms with Gasteiger partial charge >= 0.3 is 0 Å². The van der Waals surface area contributed by atoms with Crippen LogP contribution in [-0.2, 0) is 0 Å². The maximum atomic E-state index is 12.7. The summed E-state index contributed by atoms with van der Waals surface area (Å²) in [6.45, 7) is 0.729. The topological polar surface area (TPSA) is 29.3 Å². The van der Waals surface area contributed by atoms with Crippen LogP contribution in [0.5, 0.6) is 0 Å². The first kappa shape index (κ1) is 6.49. The molecule has 2 N–H and O–H groups in total. The first-order valence-corrected chi connectivity index (χ1v) is 3.48. The molecule has 2 nitrogen and oxygen atoms in total. The van der Waals surface area contributed by atoms with E-state index >= 15 is 0 Å². The molecule has 10 heavy (non-hydrogen) atoms. The number of halogens is 2. The average Bonchev–Trinajstić information content (AvgIpc) is 1.87. The van der Waals surface area contributed by atoms with Gasteiger partial charge in [0.25, 0.3) is 5.92 Å². The maximum Gasteiger partial charge on any atom is 0.256 e. The van der Waals surface area contributed by atoms with E-state index in [0.29, 0.717) is 19.5 Å². The summed E-state index contributed by atoms with van der Waals surface area (Å²) in [6, 6.07) is 0. The van der Waals surface area contributed by atoms with Gasteiger partial charge in [0.15, 0.2) is 0 Å². The van der Waals surface area contributed by atoms with Gasteiger partial charge in [0, 0.05) is 24.9 Å². The number of fused-ring (bicyclic) bond motifs is 2. The normalized spacial score (nSPS) is 44.7. The van der Waals surface area contributed by atoms with E-state index in [9.17, 15) is 8.78 Å². The molecule has 2 aliphatic heterocycles. The molecule has 2 bridgehead atoms. The van der Waals surface area contributed by atoms with Gasteiger partial charge in [-0.05, 0) is 6.42 Å². The number of hydrogen-bond acceptors (Lipinski definition) is 2. The summed E-state index contributed by atoms with van der Waals surface area (Å²) in [7, 11) is 0. The molecular formula is C6H10F2N2. The molecule has 3 rings (SSSR count). The second-order valence-electron chi connectivity index (χ2n) is 3.26. The summed E-state index contributed by atoms with van der Waals surface area (Å²) in [5.41, 5.74) is 0. The highest BCUT2D eigenvalue weighted by atomic mass is 19.3. The minimum atomic E-state index is -2.41. The van der Waals surface area contributed by atoms with Crippen molar-refractivity contribution >= 4 is 0 Å². The Morgan fingerprint density at radius 3 is 2.10 bits per heavy atom. The third-order valence-corrected chi connectivity index (χ3v) is 2.57. The number of nitrogens with two attached hydrogens (primary N) is 1. The fraction of sp³-hybridized carbons (Fsp3) is 1.00. The Balaban J connectivity index is 2.10. The zero-order valence-corrected chi connectivity index (χ0v) is 5.56. The number of alkyl halides is 2. The molecule has 1 aliphatic carbocycles.